The molecule has 3 N–H and O–H groups in total. The number of alkyl halides is 3. The van der Waals surface area contributed by atoms with Crippen LogP contribution in [0, 0.1) is 0 Å². The zero-order chi connectivity index (χ0) is 15.0. The van der Waals surface area contributed by atoms with Crippen molar-refractivity contribution in [3.63, 3.8) is 0 Å². The topological polar surface area (TPSA) is 98.0 Å². The molecule has 1 aromatic rings. The van der Waals surface area contributed by atoms with Crippen LogP contribution in [0.15, 0.2) is 6.07 Å². The molecular weight excluding hydrogens is 297 g/mol. The van der Waals surface area contributed by atoms with E-state index in [4.69, 9.17) is 5.73 Å². The maximum Gasteiger partial charge on any atom is 0.451 e. The molecule has 0 radical (unpaired) electrons. The summed E-state index contributed by atoms with van der Waals surface area (Å²) in [5.41, 5.74) is 5.28. The van der Waals surface area contributed by atoms with E-state index in [2.05, 4.69) is 15.3 Å². The van der Waals surface area contributed by atoms with Crippen LogP contribution >= 0.6 is 0 Å². The third-order valence-electron chi connectivity index (χ3n) is 2.97. The summed E-state index contributed by atoms with van der Waals surface area (Å²) in [6, 6.07) is 1.14. The molecule has 1 atom stereocenters. The quantitative estimate of drug-likeness (QED) is 0.866. The van der Waals surface area contributed by atoms with E-state index in [1.165, 1.54) is 0 Å². The molecule has 112 valence electrons. The molecule has 20 heavy (non-hydrogen) atoms. The van der Waals surface area contributed by atoms with Crippen molar-refractivity contribution in [1.82, 2.24) is 9.97 Å². The lowest BCUT2D eigenvalue weighted by Gasteiger charge is -2.13. The molecule has 10 heteroatoms. The lowest BCUT2D eigenvalue weighted by Crippen LogP contribution is -2.26. The van der Waals surface area contributed by atoms with E-state index >= 15 is 0 Å². The van der Waals surface area contributed by atoms with Gasteiger partial charge in [0, 0.05) is 12.6 Å². The first-order chi connectivity index (χ1) is 9.18. The van der Waals surface area contributed by atoms with Crippen molar-refractivity contribution in [2.24, 2.45) is 0 Å². The number of rotatable bonds is 3. The van der Waals surface area contributed by atoms with E-state index in [1.807, 2.05) is 0 Å². The molecule has 6 nitrogen and oxygen atoms in total. The highest BCUT2D eigenvalue weighted by Crippen LogP contribution is 2.28. The van der Waals surface area contributed by atoms with Crippen molar-refractivity contribution in [1.29, 1.82) is 0 Å². The second-order valence-electron chi connectivity index (χ2n) is 4.51. The highest BCUT2D eigenvalue weighted by molar-refractivity contribution is 7.92. The molecule has 0 aliphatic carbocycles. The molecule has 0 amide bonds. The minimum Gasteiger partial charge on any atom is -0.384 e. The monoisotopic (exact) mass is 310 g/mol. The van der Waals surface area contributed by atoms with Crippen molar-refractivity contribution >= 4 is 21.5 Å². The van der Waals surface area contributed by atoms with Gasteiger partial charge in [-0.25, -0.2) is 18.4 Å². The fraction of sp³-hybridized carbons (Fsp3) is 0.600. The van der Waals surface area contributed by atoms with E-state index in [9.17, 15) is 21.6 Å². The molecule has 1 unspecified atom stereocenters. The number of halogens is 3. The summed E-state index contributed by atoms with van der Waals surface area (Å²) in [7, 11) is -3.17. The molecule has 2 rings (SSSR count). The van der Waals surface area contributed by atoms with Gasteiger partial charge in [0.15, 0.2) is 9.84 Å². The lowest BCUT2D eigenvalue weighted by molar-refractivity contribution is -0.144. The van der Waals surface area contributed by atoms with Gasteiger partial charge in [0.2, 0.25) is 5.82 Å². The first-order valence-corrected chi connectivity index (χ1v) is 7.57. The standard InChI is InChI=1S/C10H13F3N4O2S/c11-10(12,13)9-16-7(14)4-8(17-9)15-5-6-2-1-3-20(6,18)19/h4,6H,1-3,5H2,(H3,14,15,16,17). The van der Waals surface area contributed by atoms with Crippen LogP contribution in [0.4, 0.5) is 24.8 Å². The lowest BCUT2D eigenvalue weighted by atomic mass is 10.2. The Labute approximate surface area is 113 Å². The number of hydrogen-bond acceptors (Lipinski definition) is 6. The van der Waals surface area contributed by atoms with Gasteiger partial charge in [-0.1, -0.05) is 0 Å². The van der Waals surface area contributed by atoms with Crippen molar-refractivity contribution in [2.75, 3.05) is 23.3 Å². The number of anilines is 2. The Morgan fingerprint density at radius 3 is 2.65 bits per heavy atom. The molecule has 0 aromatic carbocycles. The SMILES string of the molecule is Nc1cc(NCC2CCCS2(=O)=O)nc(C(F)(F)F)n1. The normalized spacial score (nSPS) is 21.9. The minimum atomic E-state index is -4.70. The summed E-state index contributed by atoms with van der Waals surface area (Å²) >= 11 is 0. The average molecular weight is 310 g/mol. The number of hydrogen-bond donors (Lipinski definition) is 2. The van der Waals surface area contributed by atoms with Gasteiger partial charge in [-0.05, 0) is 12.8 Å². The van der Waals surface area contributed by atoms with E-state index in [1.54, 1.807) is 0 Å². The first kappa shape index (κ1) is 14.8. The highest BCUT2D eigenvalue weighted by atomic mass is 32.2. The molecule has 0 bridgehead atoms. The zero-order valence-electron chi connectivity index (χ0n) is 10.3. The molecule has 1 aliphatic heterocycles. The Morgan fingerprint density at radius 1 is 1.40 bits per heavy atom. The fourth-order valence-electron chi connectivity index (χ4n) is 1.99. The Hall–Kier alpha value is -1.58. The Bertz CT molecular complexity index is 603. The fourth-order valence-corrected chi connectivity index (χ4v) is 3.75. The summed E-state index contributed by atoms with van der Waals surface area (Å²) in [5, 5.41) is 1.98. The second kappa shape index (κ2) is 5.08. The number of nitrogens with two attached hydrogens (primary N) is 1. The number of aromatic nitrogens is 2. The number of nitrogens with one attached hydrogen (secondary N) is 1. The van der Waals surface area contributed by atoms with Gasteiger partial charge in [0.05, 0.1) is 11.0 Å². The summed E-state index contributed by atoms with van der Waals surface area (Å²) in [4.78, 5) is 6.39. The molecular formula is C10H13F3N4O2S. The Kier molecular flexibility index (Phi) is 3.76. The molecule has 0 spiro atoms. The van der Waals surface area contributed by atoms with Crippen molar-refractivity contribution in [3.05, 3.63) is 11.9 Å². The Balaban J connectivity index is 2.12. The Morgan fingerprint density at radius 2 is 2.10 bits per heavy atom. The predicted molar refractivity (Wildman–Crippen MR) is 66.7 cm³/mol. The van der Waals surface area contributed by atoms with E-state index in [-0.39, 0.29) is 23.9 Å². The maximum atomic E-state index is 12.5. The third kappa shape index (κ3) is 3.30. The minimum absolute atomic E-state index is 0.0100. The number of nitrogen functional groups attached to an aromatic ring is 1. The van der Waals surface area contributed by atoms with Gasteiger partial charge in [0.25, 0.3) is 0 Å². The molecule has 0 saturated carbocycles. The van der Waals surface area contributed by atoms with Gasteiger partial charge in [0.1, 0.15) is 11.6 Å². The third-order valence-corrected chi connectivity index (χ3v) is 5.25. The molecule has 1 saturated heterocycles. The highest BCUT2D eigenvalue weighted by Gasteiger charge is 2.35. The van der Waals surface area contributed by atoms with Crippen molar-refractivity contribution in [3.8, 4) is 0 Å². The first-order valence-electron chi connectivity index (χ1n) is 5.86. The van der Waals surface area contributed by atoms with Crippen LogP contribution in [-0.4, -0.2) is 35.9 Å². The van der Waals surface area contributed by atoms with Crippen LogP contribution in [0.1, 0.15) is 18.7 Å². The van der Waals surface area contributed by atoms with Crippen LogP contribution < -0.4 is 11.1 Å². The largest absolute Gasteiger partial charge is 0.451 e. The zero-order valence-corrected chi connectivity index (χ0v) is 11.1. The maximum absolute atomic E-state index is 12.5. The van der Waals surface area contributed by atoms with Crippen LogP contribution in [0.3, 0.4) is 0 Å². The van der Waals surface area contributed by atoms with E-state index in [0.29, 0.717) is 12.8 Å². The van der Waals surface area contributed by atoms with Gasteiger partial charge in [-0.15, -0.1) is 0 Å². The molecule has 1 aromatic heterocycles. The van der Waals surface area contributed by atoms with Crippen LogP contribution in [0.2, 0.25) is 0 Å². The van der Waals surface area contributed by atoms with Gasteiger partial charge >= 0.3 is 6.18 Å². The summed E-state index contributed by atoms with van der Waals surface area (Å²) in [6.07, 6.45) is -3.65. The average Bonchev–Trinajstić information content (AvgIpc) is 2.64. The van der Waals surface area contributed by atoms with Crippen LogP contribution in [0.25, 0.3) is 0 Å². The molecule has 1 fully saturated rings. The van der Waals surface area contributed by atoms with Gasteiger partial charge in [-0.2, -0.15) is 13.2 Å². The number of sulfone groups is 1. The van der Waals surface area contributed by atoms with Gasteiger partial charge in [-0.3, -0.25) is 0 Å². The van der Waals surface area contributed by atoms with Crippen molar-refractivity contribution < 1.29 is 21.6 Å². The van der Waals surface area contributed by atoms with Crippen LogP contribution in [0.5, 0.6) is 0 Å². The molecule has 1 aliphatic rings. The van der Waals surface area contributed by atoms with Crippen molar-refractivity contribution in [2.45, 2.75) is 24.3 Å². The van der Waals surface area contributed by atoms with Gasteiger partial charge < -0.3 is 11.1 Å². The van der Waals surface area contributed by atoms with E-state index in [0.717, 1.165) is 6.07 Å². The van der Waals surface area contributed by atoms with E-state index < -0.39 is 27.1 Å². The summed E-state index contributed by atoms with van der Waals surface area (Å²) in [5.74, 6) is -1.70. The second-order valence-corrected chi connectivity index (χ2v) is 6.91. The predicted octanol–water partition coefficient (Wildman–Crippen LogP) is 1.07. The smallest absolute Gasteiger partial charge is 0.384 e. The van der Waals surface area contributed by atoms with Crippen LogP contribution in [-0.2, 0) is 16.0 Å². The summed E-state index contributed by atoms with van der Waals surface area (Å²) < 4.78 is 60.7. The molecule has 2 heterocycles. The number of nitrogens with zero attached hydrogens (tertiary/aromatic N) is 2. The summed E-state index contributed by atoms with van der Waals surface area (Å²) in [6.45, 7) is 0.0100.